The number of nitriles is 1. The molecule has 1 amide bonds. The second kappa shape index (κ2) is 8.97. The predicted molar refractivity (Wildman–Crippen MR) is 119 cm³/mol. The largest absolute Gasteiger partial charge is 0.453 e. The number of aromatic amines is 1. The molecule has 1 unspecified atom stereocenters. The fourth-order valence-electron chi connectivity index (χ4n) is 4.24. The van der Waals surface area contributed by atoms with E-state index in [1.54, 1.807) is 18.3 Å². The van der Waals surface area contributed by atoms with Crippen LogP contribution in [0.2, 0.25) is 0 Å². The highest BCUT2D eigenvalue weighted by Gasteiger charge is 2.34. The number of carbonyl (C=O) groups excluding carboxylic acids is 1. The van der Waals surface area contributed by atoms with E-state index in [-0.39, 0.29) is 12.2 Å². The molecule has 1 atom stereocenters. The van der Waals surface area contributed by atoms with Gasteiger partial charge in [0.25, 0.3) is 0 Å². The summed E-state index contributed by atoms with van der Waals surface area (Å²) in [4.78, 5) is 19.9. The Morgan fingerprint density at radius 3 is 2.84 bits per heavy atom. The summed E-state index contributed by atoms with van der Waals surface area (Å²) in [5.41, 5.74) is 7.42. The van der Waals surface area contributed by atoms with E-state index in [1.165, 1.54) is 12.1 Å². The average molecular weight is 436 g/mol. The molecule has 32 heavy (non-hydrogen) atoms. The van der Waals surface area contributed by atoms with Crippen LogP contribution in [0.3, 0.4) is 0 Å². The average Bonchev–Trinajstić information content (AvgIpc) is 3.18. The van der Waals surface area contributed by atoms with E-state index in [2.05, 4.69) is 21.4 Å². The number of carbonyl (C=O) groups is 1. The highest BCUT2D eigenvalue weighted by Crippen LogP contribution is 2.32. The predicted octanol–water partition coefficient (Wildman–Crippen LogP) is 4.02. The maximum Gasteiger partial charge on any atom is 0.238 e. The summed E-state index contributed by atoms with van der Waals surface area (Å²) in [5.74, 6) is -0.360. The van der Waals surface area contributed by atoms with Gasteiger partial charge in [0.05, 0.1) is 17.5 Å². The first-order chi connectivity index (χ1) is 15.4. The van der Waals surface area contributed by atoms with Gasteiger partial charge in [-0.25, -0.2) is 9.37 Å². The third kappa shape index (κ3) is 4.43. The SMILES string of the molecule is Cc1c[nH]c2nccc(Oc3ccc(CC(N)C(=O)NC4(C#N)CCCCC4)cc3F)c12. The van der Waals surface area contributed by atoms with Crippen LogP contribution in [-0.4, -0.2) is 27.5 Å². The van der Waals surface area contributed by atoms with Crippen molar-refractivity contribution in [2.24, 2.45) is 5.73 Å². The summed E-state index contributed by atoms with van der Waals surface area (Å²) in [5, 5.41) is 13.2. The monoisotopic (exact) mass is 435 g/mol. The first-order valence-electron chi connectivity index (χ1n) is 10.8. The zero-order valence-electron chi connectivity index (χ0n) is 18.0. The number of pyridine rings is 1. The Kier molecular flexibility index (Phi) is 6.10. The minimum absolute atomic E-state index is 0.0745. The van der Waals surface area contributed by atoms with Gasteiger partial charge in [-0.15, -0.1) is 0 Å². The Hall–Kier alpha value is -3.44. The fraction of sp³-hybridized carbons (Fsp3) is 0.375. The molecular weight excluding hydrogens is 409 g/mol. The molecule has 0 radical (unpaired) electrons. The Labute approximate surface area is 185 Å². The van der Waals surface area contributed by atoms with E-state index in [0.29, 0.717) is 29.8 Å². The van der Waals surface area contributed by atoms with Gasteiger partial charge in [0.2, 0.25) is 5.91 Å². The molecule has 1 aliphatic rings. The highest BCUT2D eigenvalue weighted by atomic mass is 19.1. The van der Waals surface area contributed by atoms with Crippen LogP contribution >= 0.6 is 0 Å². The van der Waals surface area contributed by atoms with Gasteiger partial charge in [-0.1, -0.05) is 25.3 Å². The lowest BCUT2D eigenvalue weighted by molar-refractivity contribution is -0.124. The molecule has 0 aliphatic heterocycles. The Morgan fingerprint density at radius 1 is 1.34 bits per heavy atom. The summed E-state index contributed by atoms with van der Waals surface area (Å²) in [6.07, 6.45) is 7.70. The molecule has 1 aliphatic carbocycles. The van der Waals surface area contributed by atoms with Gasteiger partial charge in [-0.3, -0.25) is 4.79 Å². The number of fused-ring (bicyclic) bond motifs is 1. The Balaban J connectivity index is 1.44. The molecule has 1 fully saturated rings. The fourth-order valence-corrected chi connectivity index (χ4v) is 4.24. The molecule has 4 rings (SSSR count). The molecule has 4 N–H and O–H groups in total. The van der Waals surface area contributed by atoms with Crippen LogP contribution in [-0.2, 0) is 11.2 Å². The number of amides is 1. The molecule has 1 aromatic carbocycles. The van der Waals surface area contributed by atoms with Crippen molar-refractivity contribution in [3.63, 3.8) is 0 Å². The van der Waals surface area contributed by atoms with E-state index in [4.69, 9.17) is 10.5 Å². The Morgan fingerprint density at radius 2 is 2.12 bits per heavy atom. The zero-order valence-corrected chi connectivity index (χ0v) is 18.0. The summed E-state index contributed by atoms with van der Waals surface area (Å²) in [7, 11) is 0. The lowest BCUT2D eigenvalue weighted by Gasteiger charge is -2.32. The number of rotatable bonds is 6. The van der Waals surface area contributed by atoms with Crippen molar-refractivity contribution in [3.05, 3.63) is 53.6 Å². The quantitative estimate of drug-likeness (QED) is 0.541. The number of H-pyrrole nitrogens is 1. The van der Waals surface area contributed by atoms with Crippen molar-refractivity contribution in [3.8, 4) is 17.6 Å². The molecule has 1 saturated carbocycles. The number of aromatic nitrogens is 2. The maximum atomic E-state index is 14.8. The topological polar surface area (TPSA) is 117 Å². The van der Waals surface area contributed by atoms with Crippen molar-refractivity contribution in [2.45, 2.75) is 57.0 Å². The first-order valence-corrected chi connectivity index (χ1v) is 10.8. The van der Waals surface area contributed by atoms with Crippen LogP contribution in [0.5, 0.6) is 11.5 Å². The van der Waals surface area contributed by atoms with E-state index in [1.807, 2.05) is 13.1 Å². The van der Waals surface area contributed by atoms with Gasteiger partial charge in [0.1, 0.15) is 16.9 Å². The third-order valence-electron chi connectivity index (χ3n) is 6.02. The van der Waals surface area contributed by atoms with Crippen molar-refractivity contribution in [1.29, 1.82) is 5.26 Å². The molecule has 0 bridgehead atoms. The molecule has 7 nitrogen and oxygen atoms in total. The summed E-state index contributed by atoms with van der Waals surface area (Å²) in [6.45, 7) is 1.92. The minimum Gasteiger partial charge on any atom is -0.453 e. The standard InChI is InChI=1S/C24H26FN5O2/c1-15-13-29-22-21(15)20(7-10-28-22)32-19-6-5-16(11-17(19)25)12-18(27)23(31)30-24(14-26)8-3-2-4-9-24/h5-7,10-11,13,18H,2-4,8-9,12,27H2,1H3,(H,28,29)(H,30,31). The van der Waals surface area contributed by atoms with Gasteiger partial charge in [0.15, 0.2) is 11.6 Å². The number of hydrogen-bond acceptors (Lipinski definition) is 5. The van der Waals surface area contributed by atoms with Crippen molar-refractivity contribution < 1.29 is 13.9 Å². The van der Waals surface area contributed by atoms with E-state index >= 15 is 0 Å². The van der Waals surface area contributed by atoms with Gasteiger partial charge in [-0.2, -0.15) is 5.26 Å². The van der Waals surface area contributed by atoms with Crippen molar-refractivity contribution in [1.82, 2.24) is 15.3 Å². The lowest BCUT2D eigenvalue weighted by Crippen LogP contribution is -2.54. The summed E-state index contributed by atoms with van der Waals surface area (Å²) >= 11 is 0. The number of hydrogen-bond donors (Lipinski definition) is 3. The smallest absolute Gasteiger partial charge is 0.238 e. The van der Waals surface area contributed by atoms with Crippen LogP contribution in [0.25, 0.3) is 11.0 Å². The minimum atomic E-state index is -0.879. The number of nitrogens with zero attached hydrogens (tertiary/aromatic N) is 2. The van der Waals surface area contributed by atoms with Gasteiger partial charge < -0.3 is 20.8 Å². The maximum absolute atomic E-state index is 14.8. The number of nitrogens with two attached hydrogens (primary N) is 1. The molecule has 0 saturated heterocycles. The van der Waals surface area contributed by atoms with E-state index in [9.17, 15) is 14.4 Å². The van der Waals surface area contributed by atoms with Crippen molar-refractivity contribution in [2.75, 3.05) is 0 Å². The highest BCUT2D eigenvalue weighted by molar-refractivity contribution is 5.86. The normalized spacial score (nSPS) is 16.3. The molecule has 3 aromatic rings. The zero-order chi connectivity index (χ0) is 22.7. The molecule has 2 heterocycles. The number of nitrogens with one attached hydrogen (secondary N) is 2. The summed E-state index contributed by atoms with van der Waals surface area (Å²) in [6, 6.07) is 7.60. The van der Waals surface area contributed by atoms with Crippen LogP contribution in [0, 0.1) is 24.1 Å². The molecular formula is C24H26FN5O2. The molecule has 8 heteroatoms. The Bertz CT molecular complexity index is 1180. The van der Waals surface area contributed by atoms with Crippen LogP contribution < -0.4 is 15.8 Å². The lowest BCUT2D eigenvalue weighted by atomic mass is 9.82. The molecule has 2 aromatic heterocycles. The van der Waals surface area contributed by atoms with Gasteiger partial charge in [0, 0.05) is 12.4 Å². The van der Waals surface area contributed by atoms with Crippen LogP contribution in [0.15, 0.2) is 36.7 Å². The van der Waals surface area contributed by atoms with Gasteiger partial charge >= 0.3 is 0 Å². The number of aryl methyl sites for hydroxylation is 1. The van der Waals surface area contributed by atoms with E-state index < -0.39 is 23.3 Å². The first kappa shape index (κ1) is 21.8. The number of halogens is 1. The third-order valence-corrected chi connectivity index (χ3v) is 6.02. The second-order valence-corrected chi connectivity index (χ2v) is 8.43. The number of ether oxygens (including phenoxy) is 1. The molecule has 166 valence electrons. The summed E-state index contributed by atoms with van der Waals surface area (Å²) < 4.78 is 20.6. The molecule has 0 spiro atoms. The van der Waals surface area contributed by atoms with Crippen LogP contribution in [0.1, 0.15) is 43.2 Å². The van der Waals surface area contributed by atoms with Crippen LogP contribution in [0.4, 0.5) is 4.39 Å². The number of benzene rings is 1. The van der Waals surface area contributed by atoms with Crippen molar-refractivity contribution >= 4 is 16.9 Å². The van der Waals surface area contributed by atoms with Gasteiger partial charge in [-0.05, 0) is 55.5 Å². The second-order valence-electron chi connectivity index (χ2n) is 8.43. The van der Waals surface area contributed by atoms with E-state index in [0.717, 1.165) is 30.2 Å².